The highest BCUT2D eigenvalue weighted by Gasteiger charge is 2.34. The first-order chi connectivity index (χ1) is 16.6. The summed E-state index contributed by atoms with van der Waals surface area (Å²) in [4.78, 5) is 12.2. The van der Waals surface area contributed by atoms with Crippen molar-refractivity contribution in [2.45, 2.75) is 5.92 Å². The Labute approximate surface area is 200 Å². The smallest absolute Gasteiger partial charge is 0.298 e. The molecule has 178 valence electrons. The maximum Gasteiger partial charge on any atom is 0.298 e. The van der Waals surface area contributed by atoms with Gasteiger partial charge in [0.05, 0.1) is 22.8 Å². The molecule has 4 aromatic rings. The average molecular weight is 496 g/mol. The third kappa shape index (κ3) is 4.57. The number of alkyl halides is 2. The number of halogens is 2. The number of nitrogens with two attached hydrogens (primary N) is 1. The molecule has 11 heteroatoms. The fourth-order valence-electron chi connectivity index (χ4n) is 3.78. The molecule has 2 N–H and O–H groups in total. The fourth-order valence-corrected chi connectivity index (χ4v) is 4.08. The number of carbonyl (C=O) groups excluding carboxylic acids is 1. The summed E-state index contributed by atoms with van der Waals surface area (Å²) in [6.07, 6.45) is 0. The van der Waals surface area contributed by atoms with Gasteiger partial charge in [0.15, 0.2) is 0 Å². The Bertz CT molecular complexity index is 1570. The van der Waals surface area contributed by atoms with Crippen LogP contribution in [0.2, 0.25) is 0 Å². The molecule has 0 spiro atoms. The molecule has 0 aliphatic carbocycles. The highest BCUT2D eigenvalue weighted by Crippen LogP contribution is 2.37. The van der Waals surface area contributed by atoms with Gasteiger partial charge in [-0.1, -0.05) is 30.3 Å². The molecule has 0 bridgehead atoms. The van der Waals surface area contributed by atoms with Crippen LogP contribution in [0.15, 0.2) is 72.8 Å². The largest absolute Gasteiger partial charge is 0.364 e. The van der Waals surface area contributed by atoms with Gasteiger partial charge in [-0.2, -0.15) is 18.3 Å². The number of hydrogen-bond acceptors (Lipinski definition) is 6. The van der Waals surface area contributed by atoms with Gasteiger partial charge in [0.25, 0.3) is 22.8 Å². The van der Waals surface area contributed by atoms with Gasteiger partial charge in [0.2, 0.25) is 0 Å². The first kappa shape index (κ1) is 23.9. The summed E-state index contributed by atoms with van der Waals surface area (Å²) >= 11 is 0. The molecule has 0 unspecified atom stereocenters. The second-order valence-corrected chi connectivity index (χ2v) is 8.20. The minimum atomic E-state index is -3.43. The summed E-state index contributed by atoms with van der Waals surface area (Å²) in [6, 6.07) is 18.7. The first-order valence-electron chi connectivity index (χ1n) is 10.1. The number of benzene rings is 3. The van der Waals surface area contributed by atoms with E-state index in [1.54, 1.807) is 24.3 Å². The average Bonchev–Trinajstić information content (AvgIpc) is 3.23. The SMILES string of the molecule is CN(O[SH](=O)=O)c1ccc2cc(C(N)=O)n(-c3cccc(C(F)(F)c4cccc(C#N)c4)c3)c2c1. The molecule has 0 radical (unpaired) electrons. The third-order valence-electron chi connectivity index (χ3n) is 5.41. The number of nitriles is 1. The van der Waals surface area contributed by atoms with Gasteiger partial charge >= 0.3 is 0 Å². The summed E-state index contributed by atoms with van der Waals surface area (Å²) in [7, 11) is -1.79. The van der Waals surface area contributed by atoms with Crippen LogP contribution in [0, 0.1) is 11.3 Å². The zero-order chi connectivity index (χ0) is 25.3. The normalized spacial score (nSPS) is 11.5. The molecule has 3 aromatic carbocycles. The van der Waals surface area contributed by atoms with Crippen LogP contribution < -0.4 is 10.8 Å². The Morgan fingerprint density at radius 1 is 1.06 bits per heavy atom. The van der Waals surface area contributed by atoms with Crippen molar-refractivity contribution in [2.75, 3.05) is 12.1 Å². The number of hydroxylamine groups is 1. The Morgan fingerprint density at radius 2 is 1.74 bits per heavy atom. The molecule has 0 aliphatic rings. The molecule has 0 saturated carbocycles. The van der Waals surface area contributed by atoms with E-state index in [1.165, 1.54) is 54.1 Å². The third-order valence-corrected chi connectivity index (χ3v) is 5.79. The second-order valence-electron chi connectivity index (χ2n) is 7.59. The number of hydrogen-bond donors (Lipinski definition) is 2. The highest BCUT2D eigenvalue weighted by molar-refractivity contribution is 7.67. The van der Waals surface area contributed by atoms with Crippen molar-refractivity contribution in [3.8, 4) is 11.8 Å². The zero-order valence-corrected chi connectivity index (χ0v) is 19.1. The number of thiol groups is 1. The van der Waals surface area contributed by atoms with Gasteiger partial charge in [-0.25, -0.2) is 13.5 Å². The summed E-state index contributed by atoms with van der Waals surface area (Å²) in [5.41, 5.74) is 5.99. The van der Waals surface area contributed by atoms with Gasteiger partial charge in [0, 0.05) is 29.2 Å². The summed E-state index contributed by atoms with van der Waals surface area (Å²) in [5, 5.41) is 10.7. The molecule has 1 amide bonds. The van der Waals surface area contributed by atoms with Crippen molar-refractivity contribution in [3.05, 3.63) is 95.2 Å². The molecule has 1 aromatic heterocycles. The molecule has 4 rings (SSSR count). The Hall–Kier alpha value is -4.27. The predicted octanol–water partition coefficient (Wildman–Crippen LogP) is 3.64. The van der Waals surface area contributed by atoms with E-state index < -0.39 is 22.8 Å². The molecule has 0 aliphatic heterocycles. The molecule has 8 nitrogen and oxygen atoms in total. The van der Waals surface area contributed by atoms with Crippen molar-refractivity contribution >= 4 is 33.5 Å². The van der Waals surface area contributed by atoms with Crippen LogP contribution in [0.25, 0.3) is 16.6 Å². The lowest BCUT2D eigenvalue weighted by atomic mass is 9.98. The summed E-state index contributed by atoms with van der Waals surface area (Å²) in [5.74, 6) is -4.22. The highest BCUT2D eigenvalue weighted by atomic mass is 32.2. The lowest BCUT2D eigenvalue weighted by Gasteiger charge is -2.19. The molecule has 0 fully saturated rings. The van der Waals surface area contributed by atoms with Crippen LogP contribution in [-0.4, -0.2) is 25.9 Å². The summed E-state index contributed by atoms with van der Waals surface area (Å²) < 4.78 is 58.8. The van der Waals surface area contributed by atoms with Crippen LogP contribution >= 0.6 is 0 Å². The Morgan fingerprint density at radius 3 is 2.40 bits per heavy atom. The minimum Gasteiger partial charge on any atom is -0.364 e. The number of primary amides is 1. The lowest BCUT2D eigenvalue weighted by molar-refractivity contribution is 0.0428. The molecule has 0 saturated heterocycles. The van der Waals surface area contributed by atoms with E-state index >= 15 is 8.78 Å². The van der Waals surface area contributed by atoms with Gasteiger partial charge in [-0.05, 0) is 42.5 Å². The molecular weight excluding hydrogens is 478 g/mol. The molecular formula is C24H18F2N4O4S. The predicted molar refractivity (Wildman–Crippen MR) is 126 cm³/mol. The van der Waals surface area contributed by atoms with Crippen LogP contribution in [0.1, 0.15) is 27.2 Å². The maximum absolute atomic E-state index is 15.4. The van der Waals surface area contributed by atoms with E-state index in [0.717, 1.165) is 11.1 Å². The number of amides is 1. The van der Waals surface area contributed by atoms with Gasteiger partial charge in [-0.3, -0.25) is 4.79 Å². The quantitative estimate of drug-likeness (QED) is 0.298. The number of rotatable bonds is 7. The van der Waals surface area contributed by atoms with Crippen LogP contribution in [0.4, 0.5) is 14.5 Å². The van der Waals surface area contributed by atoms with E-state index in [4.69, 9.17) is 11.0 Å². The number of nitrogens with zero attached hydrogens (tertiary/aromatic N) is 3. The summed E-state index contributed by atoms with van der Waals surface area (Å²) in [6.45, 7) is 0. The molecule has 35 heavy (non-hydrogen) atoms. The number of carbonyl (C=O) groups is 1. The standard InChI is InChI=1S/C24H18F2N4O4S/c1-29(34-35(32)33)19-9-8-16-11-22(23(28)31)30(21(16)13-19)20-7-3-6-18(12-20)24(25,26)17-5-2-4-15(10-17)14-27/h2-13,35H,1H3,(H2,28,31). The fraction of sp³-hybridized carbons (Fsp3) is 0.0833. The van der Waals surface area contributed by atoms with Crippen LogP contribution in [0.3, 0.4) is 0 Å². The molecule has 1 heterocycles. The van der Waals surface area contributed by atoms with E-state index in [9.17, 15) is 13.2 Å². The second kappa shape index (κ2) is 9.17. The van der Waals surface area contributed by atoms with Crippen molar-refractivity contribution < 1.29 is 26.3 Å². The Kier molecular flexibility index (Phi) is 6.26. The Balaban J connectivity index is 1.88. The molecule has 0 atom stereocenters. The van der Waals surface area contributed by atoms with E-state index in [1.807, 2.05) is 6.07 Å². The topological polar surface area (TPSA) is 118 Å². The van der Waals surface area contributed by atoms with E-state index in [0.29, 0.717) is 16.6 Å². The zero-order valence-electron chi connectivity index (χ0n) is 18.2. The van der Waals surface area contributed by atoms with Gasteiger partial charge < -0.3 is 10.3 Å². The van der Waals surface area contributed by atoms with Crippen LogP contribution in [0.5, 0.6) is 0 Å². The number of fused-ring (bicyclic) bond motifs is 1. The minimum absolute atomic E-state index is 0.0440. The van der Waals surface area contributed by atoms with E-state index in [2.05, 4.69) is 4.28 Å². The monoisotopic (exact) mass is 496 g/mol. The van der Waals surface area contributed by atoms with Crippen molar-refractivity contribution in [2.24, 2.45) is 5.73 Å². The van der Waals surface area contributed by atoms with Gasteiger partial charge in [0.1, 0.15) is 5.69 Å². The first-order valence-corrected chi connectivity index (χ1v) is 11.2. The van der Waals surface area contributed by atoms with E-state index in [-0.39, 0.29) is 28.1 Å². The van der Waals surface area contributed by atoms with Crippen molar-refractivity contribution in [1.82, 2.24) is 4.57 Å². The van der Waals surface area contributed by atoms with Crippen molar-refractivity contribution in [1.29, 1.82) is 5.26 Å². The number of anilines is 1. The maximum atomic E-state index is 15.4. The lowest BCUT2D eigenvalue weighted by Crippen LogP contribution is -2.18. The van der Waals surface area contributed by atoms with Gasteiger partial charge in [-0.15, -0.1) is 0 Å². The number of aromatic nitrogens is 1. The van der Waals surface area contributed by atoms with Crippen molar-refractivity contribution in [3.63, 3.8) is 0 Å². The van der Waals surface area contributed by atoms with Crippen LogP contribution in [-0.2, 0) is 21.2 Å².